The van der Waals surface area contributed by atoms with Crippen LogP contribution in [0.2, 0.25) is 0 Å². The monoisotopic (exact) mass is 245 g/mol. The van der Waals surface area contributed by atoms with Crippen LogP contribution < -0.4 is 11.3 Å². The summed E-state index contributed by atoms with van der Waals surface area (Å²) in [5.74, 6) is 5.23. The zero-order chi connectivity index (χ0) is 13.1. The molecule has 1 aromatic carbocycles. The second-order valence-corrected chi connectivity index (χ2v) is 4.34. The van der Waals surface area contributed by atoms with Crippen LogP contribution in [0.1, 0.15) is 28.4 Å². The highest BCUT2D eigenvalue weighted by Crippen LogP contribution is 2.21. The summed E-state index contributed by atoms with van der Waals surface area (Å²) >= 11 is 0. The first kappa shape index (κ1) is 12.7. The third-order valence-corrected chi connectivity index (χ3v) is 3.08. The number of hydrogen-bond acceptors (Lipinski definition) is 3. The normalized spacial score (nSPS) is 12.4. The highest BCUT2D eigenvalue weighted by atomic mass is 19.1. The fourth-order valence-corrected chi connectivity index (χ4v) is 1.85. The van der Waals surface area contributed by atoms with Crippen LogP contribution in [0, 0.1) is 19.7 Å². The lowest BCUT2D eigenvalue weighted by Crippen LogP contribution is -2.29. The molecule has 0 bridgehead atoms. The van der Waals surface area contributed by atoms with Crippen molar-refractivity contribution >= 4 is 0 Å². The molecule has 0 aliphatic rings. The first-order valence-corrected chi connectivity index (χ1v) is 5.76. The Morgan fingerprint density at radius 3 is 2.50 bits per heavy atom. The van der Waals surface area contributed by atoms with Crippen molar-refractivity contribution in [2.24, 2.45) is 5.84 Å². The predicted octanol–water partition coefficient (Wildman–Crippen LogP) is 2.39. The molecule has 0 fully saturated rings. The van der Waals surface area contributed by atoms with Crippen molar-refractivity contribution in [3.63, 3.8) is 0 Å². The fraction of sp³-hybridized carbons (Fsp3) is 0.214. The van der Waals surface area contributed by atoms with Gasteiger partial charge in [-0.2, -0.15) is 0 Å². The molecule has 0 aliphatic carbocycles. The number of nitrogens with one attached hydrogen (secondary N) is 1. The van der Waals surface area contributed by atoms with Gasteiger partial charge in [0, 0.05) is 0 Å². The van der Waals surface area contributed by atoms with Gasteiger partial charge in [0.05, 0.1) is 17.9 Å². The Morgan fingerprint density at radius 1 is 1.17 bits per heavy atom. The molecular formula is C14H16FN3. The van der Waals surface area contributed by atoms with Gasteiger partial charge < -0.3 is 0 Å². The zero-order valence-corrected chi connectivity index (χ0v) is 10.4. The van der Waals surface area contributed by atoms with Crippen molar-refractivity contribution in [1.82, 2.24) is 10.4 Å². The number of benzene rings is 1. The van der Waals surface area contributed by atoms with Gasteiger partial charge in [-0.1, -0.05) is 18.2 Å². The number of halogens is 1. The molecular weight excluding hydrogens is 229 g/mol. The van der Waals surface area contributed by atoms with Crippen LogP contribution in [0.25, 0.3) is 0 Å². The number of pyridine rings is 1. The van der Waals surface area contributed by atoms with Crippen LogP contribution in [-0.2, 0) is 0 Å². The second-order valence-electron chi connectivity index (χ2n) is 4.34. The van der Waals surface area contributed by atoms with Gasteiger partial charge >= 0.3 is 0 Å². The molecule has 1 heterocycles. The summed E-state index contributed by atoms with van der Waals surface area (Å²) in [6, 6.07) is 8.88. The lowest BCUT2D eigenvalue weighted by atomic mass is 9.99. The first-order valence-electron chi connectivity index (χ1n) is 5.76. The molecule has 1 unspecified atom stereocenters. The van der Waals surface area contributed by atoms with E-state index in [0.29, 0.717) is 5.69 Å². The Kier molecular flexibility index (Phi) is 3.69. The van der Waals surface area contributed by atoms with E-state index in [1.54, 1.807) is 6.07 Å². The largest absolute Gasteiger partial charge is 0.271 e. The molecule has 2 aromatic rings. The summed E-state index contributed by atoms with van der Waals surface area (Å²) < 4.78 is 12.9. The van der Waals surface area contributed by atoms with E-state index in [1.165, 1.54) is 23.4 Å². The maximum Gasteiger partial charge on any atom is 0.141 e. The summed E-state index contributed by atoms with van der Waals surface area (Å²) in [5.41, 5.74) is 6.84. The SMILES string of the molecule is Cc1ccc(C(NN)c2ccc(F)cn2)cc1C. The molecule has 4 heteroatoms. The van der Waals surface area contributed by atoms with Gasteiger partial charge in [0.15, 0.2) is 0 Å². The predicted molar refractivity (Wildman–Crippen MR) is 69.3 cm³/mol. The molecule has 0 spiro atoms. The Balaban J connectivity index is 2.38. The average Bonchev–Trinajstić information content (AvgIpc) is 2.37. The van der Waals surface area contributed by atoms with E-state index in [-0.39, 0.29) is 11.9 Å². The quantitative estimate of drug-likeness (QED) is 0.645. The minimum Gasteiger partial charge on any atom is -0.271 e. The van der Waals surface area contributed by atoms with Crippen molar-refractivity contribution in [3.8, 4) is 0 Å². The van der Waals surface area contributed by atoms with Crippen molar-refractivity contribution in [2.75, 3.05) is 0 Å². The zero-order valence-electron chi connectivity index (χ0n) is 10.4. The minimum atomic E-state index is -0.352. The summed E-state index contributed by atoms with van der Waals surface area (Å²) in [4.78, 5) is 4.06. The van der Waals surface area contributed by atoms with Crippen LogP contribution in [0.5, 0.6) is 0 Å². The number of nitrogens with two attached hydrogens (primary N) is 1. The molecule has 3 N–H and O–H groups in total. The van der Waals surface area contributed by atoms with E-state index < -0.39 is 0 Å². The molecule has 2 rings (SSSR count). The van der Waals surface area contributed by atoms with Crippen LogP contribution >= 0.6 is 0 Å². The highest BCUT2D eigenvalue weighted by molar-refractivity contribution is 5.35. The number of aromatic nitrogens is 1. The van der Waals surface area contributed by atoms with Crippen molar-refractivity contribution in [1.29, 1.82) is 0 Å². The van der Waals surface area contributed by atoms with Crippen LogP contribution in [-0.4, -0.2) is 4.98 Å². The molecule has 0 saturated carbocycles. The lowest BCUT2D eigenvalue weighted by Gasteiger charge is -2.17. The molecule has 1 aromatic heterocycles. The van der Waals surface area contributed by atoms with Gasteiger partial charge in [-0.25, -0.2) is 9.82 Å². The first-order chi connectivity index (χ1) is 8.61. The molecule has 3 nitrogen and oxygen atoms in total. The minimum absolute atomic E-state index is 0.232. The lowest BCUT2D eigenvalue weighted by molar-refractivity contribution is 0.596. The highest BCUT2D eigenvalue weighted by Gasteiger charge is 2.14. The van der Waals surface area contributed by atoms with E-state index in [2.05, 4.69) is 23.4 Å². The number of nitrogens with zero attached hydrogens (tertiary/aromatic N) is 1. The molecule has 0 aliphatic heterocycles. The number of hydrazine groups is 1. The van der Waals surface area contributed by atoms with Crippen LogP contribution in [0.4, 0.5) is 4.39 Å². The fourth-order valence-electron chi connectivity index (χ4n) is 1.85. The van der Waals surface area contributed by atoms with Gasteiger partial charge in [-0.05, 0) is 42.7 Å². The Labute approximate surface area is 106 Å². The average molecular weight is 245 g/mol. The standard InChI is InChI=1S/C14H16FN3/c1-9-3-4-11(7-10(9)2)14(18-16)13-6-5-12(15)8-17-13/h3-8,14,18H,16H2,1-2H3. The number of aryl methyl sites for hydroxylation is 2. The van der Waals surface area contributed by atoms with Gasteiger partial charge in [-0.15, -0.1) is 0 Å². The smallest absolute Gasteiger partial charge is 0.141 e. The summed E-state index contributed by atoms with van der Waals surface area (Å²) in [6.07, 6.45) is 1.20. The van der Waals surface area contributed by atoms with Crippen molar-refractivity contribution in [2.45, 2.75) is 19.9 Å². The Bertz CT molecular complexity index is 537. The topological polar surface area (TPSA) is 50.9 Å². The summed E-state index contributed by atoms with van der Waals surface area (Å²) in [6.45, 7) is 4.10. The number of hydrogen-bond donors (Lipinski definition) is 2. The molecule has 0 saturated heterocycles. The van der Waals surface area contributed by atoms with Crippen molar-refractivity contribution in [3.05, 3.63) is 64.7 Å². The van der Waals surface area contributed by atoms with Gasteiger partial charge in [-0.3, -0.25) is 10.8 Å². The van der Waals surface area contributed by atoms with E-state index >= 15 is 0 Å². The maximum atomic E-state index is 12.9. The molecule has 0 radical (unpaired) electrons. The van der Waals surface area contributed by atoms with E-state index in [0.717, 1.165) is 5.56 Å². The summed E-state index contributed by atoms with van der Waals surface area (Å²) in [5, 5.41) is 0. The van der Waals surface area contributed by atoms with Gasteiger partial charge in [0.2, 0.25) is 0 Å². The summed E-state index contributed by atoms with van der Waals surface area (Å²) in [7, 11) is 0. The molecule has 94 valence electrons. The van der Waals surface area contributed by atoms with Gasteiger partial charge in [0.1, 0.15) is 5.82 Å². The Morgan fingerprint density at radius 2 is 1.94 bits per heavy atom. The Hall–Kier alpha value is -1.78. The van der Waals surface area contributed by atoms with Crippen LogP contribution in [0.15, 0.2) is 36.5 Å². The van der Waals surface area contributed by atoms with E-state index in [1.807, 2.05) is 19.1 Å². The van der Waals surface area contributed by atoms with Crippen molar-refractivity contribution < 1.29 is 4.39 Å². The maximum absolute atomic E-state index is 12.9. The van der Waals surface area contributed by atoms with E-state index in [4.69, 9.17) is 5.84 Å². The van der Waals surface area contributed by atoms with Crippen LogP contribution in [0.3, 0.4) is 0 Å². The third kappa shape index (κ3) is 2.55. The molecule has 0 amide bonds. The van der Waals surface area contributed by atoms with E-state index in [9.17, 15) is 4.39 Å². The third-order valence-electron chi connectivity index (χ3n) is 3.08. The second kappa shape index (κ2) is 5.25. The molecule has 18 heavy (non-hydrogen) atoms. The molecule has 1 atom stereocenters. The van der Waals surface area contributed by atoms with Gasteiger partial charge in [0.25, 0.3) is 0 Å². The number of rotatable bonds is 3.